The second kappa shape index (κ2) is 6.77. The Kier molecular flexibility index (Phi) is 5.62. The second-order valence-electron chi connectivity index (χ2n) is 4.00. The molecule has 7 heteroatoms. The molecule has 0 fully saturated rings. The minimum absolute atomic E-state index is 0.0388. The Morgan fingerprint density at radius 2 is 2.11 bits per heavy atom. The Hall–Kier alpha value is -1.27. The van der Waals surface area contributed by atoms with Crippen molar-refractivity contribution < 1.29 is 17.9 Å². The lowest BCUT2D eigenvalue weighted by molar-refractivity contribution is -0.123. The lowest BCUT2D eigenvalue weighted by Gasteiger charge is -2.08. The predicted octanol–water partition coefficient (Wildman–Crippen LogP) is 1.83. The first-order chi connectivity index (χ1) is 8.84. The number of hydrogen-bond donors (Lipinski definition) is 1. The maximum absolute atomic E-state index is 11.3. The van der Waals surface area contributed by atoms with Crippen molar-refractivity contribution in [3.63, 3.8) is 0 Å². The largest absolute Gasteiger partial charge is 0.484 e. The number of benzene rings is 1. The smallest absolute Gasteiger partial charge is 0.261 e. The molecule has 0 aliphatic carbocycles. The van der Waals surface area contributed by atoms with Crippen LogP contribution < -0.4 is 10.1 Å². The van der Waals surface area contributed by atoms with Gasteiger partial charge in [-0.05, 0) is 37.1 Å². The molecule has 0 bridgehead atoms. The molecule has 0 atom stereocenters. The van der Waals surface area contributed by atoms with Crippen LogP contribution in [0.1, 0.15) is 18.9 Å². The lowest BCUT2D eigenvalue weighted by atomic mass is 10.2. The van der Waals surface area contributed by atoms with Crippen molar-refractivity contribution in [3.8, 4) is 5.75 Å². The van der Waals surface area contributed by atoms with Gasteiger partial charge in [-0.15, -0.1) is 0 Å². The number of amides is 1. The summed E-state index contributed by atoms with van der Waals surface area (Å²) in [5, 5.41) is 2.67. The summed E-state index contributed by atoms with van der Waals surface area (Å²) in [6.07, 6.45) is 0.854. The zero-order valence-electron chi connectivity index (χ0n) is 10.8. The maximum Gasteiger partial charge on any atom is 0.261 e. The zero-order chi connectivity index (χ0) is 14.5. The summed E-state index contributed by atoms with van der Waals surface area (Å²) in [6, 6.07) is 4.36. The Bertz CT molecular complexity index is 557. The fourth-order valence-corrected chi connectivity index (χ4v) is 2.64. The Morgan fingerprint density at radius 3 is 2.63 bits per heavy atom. The van der Waals surface area contributed by atoms with Crippen molar-refractivity contribution in [2.75, 3.05) is 13.2 Å². The highest BCUT2D eigenvalue weighted by Gasteiger charge is 2.14. The minimum Gasteiger partial charge on any atom is -0.484 e. The van der Waals surface area contributed by atoms with Gasteiger partial charge in [-0.2, -0.15) is 0 Å². The Labute approximate surface area is 117 Å². The molecule has 0 aliphatic rings. The van der Waals surface area contributed by atoms with Crippen molar-refractivity contribution in [2.24, 2.45) is 0 Å². The third-order valence-electron chi connectivity index (χ3n) is 2.35. The van der Waals surface area contributed by atoms with Gasteiger partial charge in [-0.25, -0.2) is 8.42 Å². The third-order valence-corrected chi connectivity index (χ3v) is 3.83. The van der Waals surface area contributed by atoms with Gasteiger partial charge in [0.1, 0.15) is 5.75 Å². The highest BCUT2D eigenvalue weighted by atomic mass is 35.7. The number of nitrogens with one attached hydrogen (secondary N) is 1. The SMILES string of the molecule is CCCNC(=O)COc1ccc(S(=O)(=O)Cl)c(C)c1. The molecule has 0 heterocycles. The molecule has 0 unspecified atom stereocenters. The van der Waals surface area contributed by atoms with Crippen LogP contribution in [0.15, 0.2) is 23.1 Å². The van der Waals surface area contributed by atoms with E-state index < -0.39 is 9.05 Å². The van der Waals surface area contributed by atoms with Gasteiger partial charge in [-0.3, -0.25) is 4.79 Å². The van der Waals surface area contributed by atoms with E-state index >= 15 is 0 Å². The first kappa shape index (κ1) is 15.8. The van der Waals surface area contributed by atoms with Gasteiger partial charge in [0.15, 0.2) is 6.61 Å². The van der Waals surface area contributed by atoms with Gasteiger partial charge < -0.3 is 10.1 Å². The van der Waals surface area contributed by atoms with Crippen LogP contribution in [-0.2, 0) is 13.8 Å². The van der Waals surface area contributed by atoms with E-state index in [2.05, 4.69) is 5.32 Å². The summed E-state index contributed by atoms with van der Waals surface area (Å²) in [7, 11) is 1.51. The van der Waals surface area contributed by atoms with Gasteiger partial charge in [0.25, 0.3) is 15.0 Å². The summed E-state index contributed by atoms with van der Waals surface area (Å²) in [6.45, 7) is 4.06. The number of ether oxygens (including phenoxy) is 1. The van der Waals surface area contributed by atoms with E-state index in [0.29, 0.717) is 17.9 Å². The molecule has 0 spiro atoms. The first-order valence-electron chi connectivity index (χ1n) is 5.79. The molecule has 0 radical (unpaired) electrons. The topological polar surface area (TPSA) is 72.5 Å². The highest BCUT2D eigenvalue weighted by molar-refractivity contribution is 8.13. The van der Waals surface area contributed by atoms with E-state index in [1.54, 1.807) is 6.92 Å². The molecule has 5 nitrogen and oxygen atoms in total. The van der Waals surface area contributed by atoms with Gasteiger partial charge in [0.2, 0.25) is 0 Å². The van der Waals surface area contributed by atoms with Crippen molar-refractivity contribution in [1.29, 1.82) is 0 Å². The average Bonchev–Trinajstić information content (AvgIpc) is 2.32. The molecule has 1 rings (SSSR count). The summed E-state index contributed by atoms with van der Waals surface area (Å²) in [5.74, 6) is 0.210. The fraction of sp³-hybridized carbons (Fsp3) is 0.417. The van der Waals surface area contributed by atoms with Gasteiger partial charge in [0, 0.05) is 17.2 Å². The molecular weight excluding hydrogens is 290 g/mol. The van der Waals surface area contributed by atoms with Crippen LogP contribution in [0, 0.1) is 6.92 Å². The average molecular weight is 306 g/mol. The zero-order valence-corrected chi connectivity index (χ0v) is 12.3. The molecule has 106 valence electrons. The van der Waals surface area contributed by atoms with Crippen LogP contribution in [0.2, 0.25) is 0 Å². The number of rotatable bonds is 6. The maximum atomic E-state index is 11.3. The molecular formula is C12H16ClNO4S. The van der Waals surface area contributed by atoms with Crippen molar-refractivity contribution in [2.45, 2.75) is 25.2 Å². The van der Waals surface area contributed by atoms with E-state index in [1.165, 1.54) is 18.2 Å². The van der Waals surface area contributed by atoms with Crippen LogP contribution in [-0.4, -0.2) is 27.5 Å². The number of aryl methyl sites for hydroxylation is 1. The molecule has 19 heavy (non-hydrogen) atoms. The van der Waals surface area contributed by atoms with Gasteiger partial charge >= 0.3 is 0 Å². The third kappa shape index (κ3) is 5.08. The van der Waals surface area contributed by atoms with Gasteiger partial charge in [-0.1, -0.05) is 6.92 Å². The van der Waals surface area contributed by atoms with E-state index in [4.69, 9.17) is 15.4 Å². The van der Waals surface area contributed by atoms with E-state index in [1.807, 2.05) is 6.92 Å². The first-order valence-corrected chi connectivity index (χ1v) is 8.10. The van der Waals surface area contributed by atoms with E-state index in [-0.39, 0.29) is 17.4 Å². The number of carbonyl (C=O) groups is 1. The van der Waals surface area contributed by atoms with Crippen molar-refractivity contribution in [1.82, 2.24) is 5.32 Å². The normalized spacial score (nSPS) is 11.1. The van der Waals surface area contributed by atoms with E-state index in [9.17, 15) is 13.2 Å². The number of carbonyl (C=O) groups excluding carboxylic acids is 1. The van der Waals surface area contributed by atoms with Crippen molar-refractivity contribution in [3.05, 3.63) is 23.8 Å². The van der Waals surface area contributed by atoms with Crippen LogP contribution in [0.5, 0.6) is 5.75 Å². The van der Waals surface area contributed by atoms with Gasteiger partial charge in [0.05, 0.1) is 4.90 Å². The highest BCUT2D eigenvalue weighted by Crippen LogP contribution is 2.23. The molecule has 0 aromatic heterocycles. The lowest BCUT2D eigenvalue weighted by Crippen LogP contribution is -2.29. The molecule has 1 aromatic carbocycles. The number of halogens is 1. The molecule has 0 saturated heterocycles. The minimum atomic E-state index is -3.76. The molecule has 0 aliphatic heterocycles. The van der Waals surface area contributed by atoms with Crippen LogP contribution in [0.4, 0.5) is 0 Å². The molecule has 1 N–H and O–H groups in total. The second-order valence-corrected chi connectivity index (χ2v) is 6.54. The van der Waals surface area contributed by atoms with Crippen LogP contribution in [0.25, 0.3) is 0 Å². The Morgan fingerprint density at radius 1 is 1.42 bits per heavy atom. The van der Waals surface area contributed by atoms with Crippen LogP contribution in [0.3, 0.4) is 0 Å². The predicted molar refractivity (Wildman–Crippen MR) is 73.0 cm³/mol. The Balaban J connectivity index is 2.67. The quantitative estimate of drug-likeness (QED) is 0.814. The molecule has 1 amide bonds. The standard InChI is InChI=1S/C12H16ClNO4S/c1-3-6-14-12(15)8-18-10-4-5-11(9(2)7-10)19(13,16)17/h4-5,7H,3,6,8H2,1-2H3,(H,14,15). The number of hydrogen-bond acceptors (Lipinski definition) is 4. The van der Waals surface area contributed by atoms with Crippen LogP contribution >= 0.6 is 10.7 Å². The molecule has 0 saturated carbocycles. The summed E-state index contributed by atoms with van der Waals surface area (Å²) < 4.78 is 27.7. The fourth-order valence-electron chi connectivity index (χ4n) is 1.45. The van der Waals surface area contributed by atoms with Crippen molar-refractivity contribution >= 4 is 25.6 Å². The summed E-state index contributed by atoms with van der Waals surface area (Å²) in [5.41, 5.74) is 0.474. The summed E-state index contributed by atoms with van der Waals surface area (Å²) >= 11 is 0. The molecule has 1 aromatic rings. The summed E-state index contributed by atoms with van der Waals surface area (Å²) in [4.78, 5) is 11.4. The monoisotopic (exact) mass is 305 g/mol. The van der Waals surface area contributed by atoms with E-state index in [0.717, 1.165) is 6.42 Å².